The molecule has 0 aliphatic carbocycles. The van der Waals surface area contributed by atoms with Gasteiger partial charge in [-0.05, 0) is 74.9 Å². The smallest absolute Gasteiger partial charge is 0.289 e. The Morgan fingerprint density at radius 1 is 1.12 bits per heavy atom. The summed E-state index contributed by atoms with van der Waals surface area (Å²) in [6.07, 6.45) is 4.44. The van der Waals surface area contributed by atoms with Crippen LogP contribution >= 0.6 is 0 Å². The lowest BCUT2D eigenvalue weighted by molar-refractivity contribution is 0.0418. The molecule has 32 heavy (non-hydrogen) atoms. The quantitative estimate of drug-likeness (QED) is 0.583. The number of aryl methyl sites for hydroxylation is 1. The molecule has 6 heteroatoms. The molecule has 0 N–H and O–H groups in total. The molecule has 1 aromatic heterocycles. The van der Waals surface area contributed by atoms with Crippen LogP contribution in [0.5, 0.6) is 0 Å². The standard InChI is InChI=1S/C26H36N2O4/c1-20-6-3-4-7-22(20)17-27-13-11-21(12-14-27)16-28(18-23-8-5-15-31-23)26(29)25-10-9-24(32-25)19-30-2/h3-4,6-7,9-10,21,23H,5,8,11-19H2,1-2H3/t23-/m1/s1. The third kappa shape index (κ3) is 6.00. The molecule has 1 amide bonds. The normalized spacial score (nSPS) is 20.0. The Morgan fingerprint density at radius 3 is 2.66 bits per heavy atom. The number of piperidine rings is 1. The Kier molecular flexibility index (Phi) is 8.00. The van der Waals surface area contributed by atoms with Crippen LogP contribution in [0.4, 0.5) is 0 Å². The fourth-order valence-electron chi connectivity index (χ4n) is 4.81. The van der Waals surface area contributed by atoms with Crippen molar-refractivity contribution in [2.24, 2.45) is 5.92 Å². The van der Waals surface area contributed by atoms with E-state index in [4.69, 9.17) is 13.9 Å². The van der Waals surface area contributed by atoms with E-state index in [1.54, 1.807) is 13.2 Å². The minimum atomic E-state index is -0.0369. The number of ether oxygens (including phenoxy) is 2. The van der Waals surface area contributed by atoms with Crippen molar-refractivity contribution in [3.8, 4) is 0 Å². The summed E-state index contributed by atoms with van der Waals surface area (Å²) in [5.41, 5.74) is 2.76. The Hall–Kier alpha value is -2.15. The van der Waals surface area contributed by atoms with E-state index in [-0.39, 0.29) is 12.0 Å². The van der Waals surface area contributed by atoms with Crippen LogP contribution < -0.4 is 0 Å². The highest BCUT2D eigenvalue weighted by Crippen LogP contribution is 2.24. The van der Waals surface area contributed by atoms with Crippen LogP contribution in [0.15, 0.2) is 40.8 Å². The van der Waals surface area contributed by atoms with Crippen LogP contribution in [0.25, 0.3) is 0 Å². The van der Waals surface area contributed by atoms with Gasteiger partial charge in [0.2, 0.25) is 0 Å². The highest BCUT2D eigenvalue weighted by Gasteiger charge is 2.29. The zero-order valence-electron chi connectivity index (χ0n) is 19.4. The molecule has 2 saturated heterocycles. The third-order valence-electron chi connectivity index (χ3n) is 6.74. The first-order valence-electron chi connectivity index (χ1n) is 11.9. The van der Waals surface area contributed by atoms with Crippen LogP contribution in [0, 0.1) is 12.8 Å². The van der Waals surface area contributed by atoms with Crippen molar-refractivity contribution in [2.75, 3.05) is 39.9 Å². The van der Waals surface area contributed by atoms with Gasteiger partial charge < -0.3 is 18.8 Å². The Morgan fingerprint density at radius 2 is 1.94 bits per heavy atom. The van der Waals surface area contributed by atoms with Gasteiger partial charge in [0.05, 0.1) is 6.10 Å². The molecule has 0 bridgehead atoms. The van der Waals surface area contributed by atoms with E-state index < -0.39 is 0 Å². The predicted octanol–water partition coefficient (Wildman–Crippen LogP) is 4.27. The van der Waals surface area contributed by atoms with E-state index in [1.807, 2.05) is 11.0 Å². The largest absolute Gasteiger partial charge is 0.453 e. The molecule has 3 heterocycles. The number of nitrogens with zero attached hydrogens (tertiary/aromatic N) is 2. The van der Waals surface area contributed by atoms with Crippen molar-refractivity contribution in [3.63, 3.8) is 0 Å². The summed E-state index contributed by atoms with van der Waals surface area (Å²) >= 11 is 0. The number of methoxy groups -OCH3 is 1. The summed E-state index contributed by atoms with van der Waals surface area (Å²) < 4.78 is 16.7. The molecule has 1 atom stereocenters. The van der Waals surface area contributed by atoms with Gasteiger partial charge in [0.25, 0.3) is 5.91 Å². The lowest BCUT2D eigenvalue weighted by Crippen LogP contribution is -2.43. The van der Waals surface area contributed by atoms with Crippen LogP contribution in [-0.4, -0.2) is 61.7 Å². The van der Waals surface area contributed by atoms with Crippen molar-refractivity contribution in [3.05, 3.63) is 59.0 Å². The fourth-order valence-corrected chi connectivity index (χ4v) is 4.81. The SMILES string of the molecule is COCc1ccc(C(=O)N(CC2CCN(Cc3ccccc3C)CC2)C[C@H]2CCCO2)o1. The summed E-state index contributed by atoms with van der Waals surface area (Å²) in [5, 5.41) is 0. The van der Waals surface area contributed by atoms with Gasteiger partial charge in [-0.1, -0.05) is 24.3 Å². The van der Waals surface area contributed by atoms with E-state index >= 15 is 0 Å². The Bertz CT molecular complexity index is 866. The molecule has 2 aliphatic rings. The lowest BCUT2D eigenvalue weighted by atomic mass is 9.95. The third-order valence-corrected chi connectivity index (χ3v) is 6.74. The number of carbonyl (C=O) groups is 1. The molecule has 1 aromatic carbocycles. The van der Waals surface area contributed by atoms with Crippen LogP contribution in [-0.2, 0) is 22.6 Å². The zero-order chi connectivity index (χ0) is 22.3. The van der Waals surface area contributed by atoms with Gasteiger partial charge in [-0.3, -0.25) is 9.69 Å². The minimum Gasteiger partial charge on any atom is -0.453 e. The lowest BCUT2D eigenvalue weighted by Gasteiger charge is -2.35. The summed E-state index contributed by atoms with van der Waals surface area (Å²) in [6, 6.07) is 12.2. The van der Waals surface area contributed by atoms with E-state index in [0.29, 0.717) is 30.6 Å². The second kappa shape index (κ2) is 11.1. The molecule has 0 unspecified atom stereocenters. The van der Waals surface area contributed by atoms with E-state index in [1.165, 1.54) is 11.1 Å². The fraction of sp³-hybridized carbons (Fsp3) is 0.577. The van der Waals surface area contributed by atoms with Gasteiger partial charge in [0.15, 0.2) is 5.76 Å². The number of carbonyl (C=O) groups excluding carboxylic acids is 1. The van der Waals surface area contributed by atoms with Crippen LogP contribution in [0.2, 0.25) is 0 Å². The number of rotatable bonds is 9. The second-order valence-electron chi connectivity index (χ2n) is 9.19. The molecule has 174 valence electrons. The molecule has 2 fully saturated rings. The monoisotopic (exact) mass is 440 g/mol. The van der Waals surface area contributed by atoms with Crippen molar-refractivity contribution >= 4 is 5.91 Å². The minimum absolute atomic E-state index is 0.0369. The Labute approximate surface area is 191 Å². The first kappa shape index (κ1) is 23.0. The second-order valence-corrected chi connectivity index (χ2v) is 9.19. The van der Waals surface area contributed by atoms with Gasteiger partial charge in [-0.2, -0.15) is 0 Å². The summed E-state index contributed by atoms with van der Waals surface area (Å²) in [7, 11) is 1.62. The van der Waals surface area contributed by atoms with Crippen molar-refractivity contribution in [1.82, 2.24) is 9.80 Å². The average Bonchev–Trinajstić information content (AvgIpc) is 3.48. The van der Waals surface area contributed by atoms with E-state index in [9.17, 15) is 4.79 Å². The molecule has 0 saturated carbocycles. The van der Waals surface area contributed by atoms with Gasteiger partial charge in [0.1, 0.15) is 12.4 Å². The van der Waals surface area contributed by atoms with Gasteiger partial charge in [-0.15, -0.1) is 0 Å². The number of hydrogen-bond acceptors (Lipinski definition) is 5. The molecule has 4 rings (SSSR count). The summed E-state index contributed by atoms with van der Waals surface area (Å²) in [6.45, 7) is 7.90. The maximum atomic E-state index is 13.3. The van der Waals surface area contributed by atoms with E-state index in [0.717, 1.165) is 58.5 Å². The van der Waals surface area contributed by atoms with Gasteiger partial charge in [0, 0.05) is 33.4 Å². The predicted molar refractivity (Wildman–Crippen MR) is 123 cm³/mol. The zero-order valence-corrected chi connectivity index (χ0v) is 19.4. The summed E-state index contributed by atoms with van der Waals surface area (Å²) in [4.78, 5) is 17.8. The van der Waals surface area contributed by atoms with E-state index in [2.05, 4.69) is 36.1 Å². The van der Waals surface area contributed by atoms with Crippen molar-refractivity contribution in [1.29, 1.82) is 0 Å². The maximum absolute atomic E-state index is 13.3. The highest BCUT2D eigenvalue weighted by molar-refractivity contribution is 5.91. The number of hydrogen-bond donors (Lipinski definition) is 0. The molecule has 0 spiro atoms. The van der Waals surface area contributed by atoms with Crippen molar-refractivity contribution in [2.45, 2.75) is 51.9 Å². The first-order chi connectivity index (χ1) is 15.6. The number of amides is 1. The highest BCUT2D eigenvalue weighted by atomic mass is 16.5. The first-order valence-corrected chi connectivity index (χ1v) is 11.9. The maximum Gasteiger partial charge on any atom is 0.289 e. The average molecular weight is 441 g/mol. The van der Waals surface area contributed by atoms with Crippen LogP contribution in [0.1, 0.15) is 53.1 Å². The number of furan rings is 1. The molecule has 2 aliphatic heterocycles. The Balaban J connectivity index is 1.35. The number of likely N-dealkylation sites (tertiary alicyclic amines) is 1. The van der Waals surface area contributed by atoms with Crippen molar-refractivity contribution < 1.29 is 18.7 Å². The number of benzene rings is 1. The molecule has 0 radical (unpaired) electrons. The van der Waals surface area contributed by atoms with Crippen LogP contribution in [0.3, 0.4) is 0 Å². The molecule has 6 nitrogen and oxygen atoms in total. The van der Waals surface area contributed by atoms with Gasteiger partial charge >= 0.3 is 0 Å². The molecular formula is C26H36N2O4. The summed E-state index contributed by atoms with van der Waals surface area (Å²) in [5.74, 6) is 1.54. The molecular weight excluding hydrogens is 404 g/mol. The van der Waals surface area contributed by atoms with Gasteiger partial charge in [-0.25, -0.2) is 0 Å². The topological polar surface area (TPSA) is 55.2 Å². The molecule has 2 aromatic rings.